The number of hydrogen-bond acceptors (Lipinski definition) is 5. The van der Waals surface area contributed by atoms with Crippen LogP contribution in [0.1, 0.15) is 28.4 Å². The number of carbonyl (C=O) groups excluding carboxylic acids is 2. The molecular weight excluding hydrogens is 432 g/mol. The van der Waals surface area contributed by atoms with Gasteiger partial charge in [0, 0.05) is 16.0 Å². The minimum absolute atomic E-state index is 0.131. The second kappa shape index (κ2) is 10.1. The van der Waals surface area contributed by atoms with Crippen molar-refractivity contribution in [3.05, 3.63) is 81.2 Å². The molecule has 0 aliphatic heterocycles. The zero-order chi connectivity index (χ0) is 22.4. The van der Waals surface area contributed by atoms with E-state index < -0.39 is 11.9 Å². The van der Waals surface area contributed by atoms with Gasteiger partial charge in [0.1, 0.15) is 22.2 Å². The van der Waals surface area contributed by atoms with Gasteiger partial charge in [-0.25, -0.2) is 4.79 Å². The molecule has 0 fully saturated rings. The number of thiophene rings is 1. The van der Waals surface area contributed by atoms with Crippen molar-refractivity contribution in [1.82, 2.24) is 0 Å². The molecular formula is C24H19ClN2O3S. The first-order chi connectivity index (χ1) is 14.9. The standard InChI is InChI=1S/C24H19ClN2O3S/c1-3-30-24(29)21-19(16-10-8-15(2)9-11-16)14-31-23(21)27-22(28)18(13-26)12-17-6-4-5-7-20(17)25/h4-12,14H,3H2,1-2H3,(H,27,28)/b18-12+. The maximum absolute atomic E-state index is 12.8. The van der Waals surface area contributed by atoms with Crippen molar-refractivity contribution in [3.8, 4) is 17.2 Å². The highest BCUT2D eigenvalue weighted by molar-refractivity contribution is 7.15. The summed E-state index contributed by atoms with van der Waals surface area (Å²) in [7, 11) is 0. The highest BCUT2D eigenvalue weighted by Gasteiger charge is 2.23. The Balaban J connectivity index is 1.97. The third kappa shape index (κ3) is 5.21. The zero-order valence-electron chi connectivity index (χ0n) is 16.9. The van der Waals surface area contributed by atoms with Crippen LogP contribution in [0.2, 0.25) is 5.02 Å². The fraction of sp³-hybridized carbons (Fsp3) is 0.125. The number of anilines is 1. The van der Waals surface area contributed by atoms with Crippen LogP contribution in [0.5, 0.6) is 0 Å². The number of hydrogen-bond donors (Lipinski definition) is 1. The lowest BCUT2D eigenvalue weighted by atomic mass is 10.0. The van der Waals surface area contributed by atoms with Gasteiger partial charge in [0.25, 0.3) is 5.91 Å². The minimum atomic E-state index is -0.634. The van der Waals surface area contributed by atoms with Gasteiger partial charge in [-0.05, 0) is 37.1 Å². The molecule has 0 atom stereocenters. The summed E-state index contributed by atoms with van der Waals surface area (Å²) < 4.78 is 5.21. The van der Waals surface area contributed by atoms with Gasteiger partial charge in [0.15, 0.2) is 0 Å². The number of halogens is 1. The molecule has 0 radical (unpaired) electrons. The predicted molar refractivity (Wildman–Crippen MR) is 124 cm³/mol. The first kappa shape index (κ1) is 22.3. The molecule has 1 heterocycles. The minimum Gasteiger partial charge on any atom is -0.462 e. The zero-order valence-corrected chi connectivity index (χ0v) is 18.5. The van der Waals surface area contributed by atoms with Crippen LogP contribution in [0.25, 0.3) is 17.2 Å². The van der Waals surface area contributed by atoms with Gasteiger partial charge < -0.3 is 10.1 Å². The van der Waals surface area contributed by atoms with Crippen LogP contribution >= 0.6 is 22.9 Å². The molecule has 5 nitrogen and oxygen atoms in total. The van der Waals surface area contributed by atoms with Crippen molar-refractivity contribution in [3.63, 3.8) is 0 Å². The average molecular weight is 451 g/mol. The summed E-state index contributed by atoms with van der Waals surface area (Å²) >= 11 is 7.33. The van der Waals surface area contributed by atoms with Gasteiger partial charge in [0.2, 0.25) is 0 Å². The molecule has 1 aromatic heterocycles. The van der Waals surface area contributed by atoms with E-state index >= 15 is 0 Å². The van der Waals surface area contributed by atoms with E-state index in [1.807, 2.05) is 37.3 Å². The number of amides is 1. The fourth-order valence-corrected chi connectivity index (χ4v) is 4.01. The van der Waals surface area contributed by atoms with E-state index in [0.29, 0.717) is 21.2 Å². The molecule has 156 valence electrons. The molecule has 1 N–H and O–H groups in total. The van der Waals surface area contributed by atoms with Gasteiger partial charge in [-0.1, -0.05) is 59.6 Å². The Bertz CT molecular complexity index is 1190. The second-order valence-electron chi connectivity index (χ2n) is 6.59. The van der Waals surface area contributed by atoms with Crippen molar-refractivity contribution in [2.24, 2.45) is 0 Å². The number of rotatable bonds is 6. The molecule has 7 heteroatoms. The third-order valence-electron chi connectivity index (χ3n) is 4.43. The van der Waals surface area contributed by atoms with E-state index in [2.05, 4.69) is 5.32 Å². The number of nitrogens with zero attached hydrogens (tertiary/aromatic N) is 1. The van der Waals surface area contributed by atoms with Crippen LogP contribution in [-0.4, -0.2) is 18.5 Å². The summed E-state index contributed by atoms with van der Waals surface area (Å²) in [5.74, 6) is -1.17. The van der Waals surface area contributed by atoms with Crippen molar-refractivity contribution in [2.75, 3.05) is 11.9 Å². The second-order valence-corrected chi connectivity index (χ2v) is 7.87. The van der Waals surface area contributed by atoms with Crippen LogP contribution in [0, 0.1) is 18.3 Å². The van der Waals surface area contributed by atoms with Crippen molar-refractivity contribution in [1.29, 1.82) is 5.26 Å². The van der Waals surface area contributed by atoms with E-state index in [1.54, 1.807) is 36.6 Å². The number of carbonyl (C=O) groups is 2. The number of esters is 1. The monoisotopic (exact) mass is 450 g/mol. The quantitative estimate of drug-likeness (QED) is 0.279. The van der Waals surface area contributed by atoms with Gasteiger partial charge in [-0.15, -0.1) is 11.3 Å². The van der Waals surface area contributed by atoms with Crippen LogP contribution in [0.4, 0.5) is 5.00 Å². The Morgan fingerprint density at radius 3 is 2.55 bits per heavy atom. The summed E-state index contributed by atoms with van der Waals surface area (Å²) in [5, 5.41) is 14.7. The molecule has 3 rings (SSSR count). The Hall–Kier alpha value is -3.40. The van der Waals surface area contributed by atoms with Crippen LogP contribution in [0.3, 0.4) is 0 Å². The lowest BCUT2D eigenvalue weighted by molar-refractivity contribution is -0.112. The normalized spacial score (nSPS) is 11.0. The number of benzene rings is 2. The first-order valence-electron chi connectivity index (χ1n) is 9.48. The number of ether oxygens (including phenoxy) is 1. The van der Waals surface area contributed by atoms with Crippen molar-refractivity contribution < 1.29 is 14.3 Å². The molecule has 0 saturated carbocycles. The summed E-state index contributed by atoms with van der Waals surface area (Å²) in [5.41, 5.74) is 3.26. The highest BCUT2D eigenvalue weighted by Crippen LogP contribution is 2.36. The Morgan fingerprint density at radius 2 is 1.90 bits per heavy atom. The SMILES string of the molecule is CCOC(=O)c1c(-c2ccc(C)cc2)csc1NC(=O)/C(C#N)=C/c1ccccc1Cl. The molecule has 0 unspecified atom stereocenters. The van der Waals surface area contributed by atoms with Crippen LogP contribution < -0.4 is 5.32 Å². The lowest BCUT2D eigenvalue weighted by Gasteiger charge is -2.09. The summed E-state index contributed by atoms with van der Waals surface area (Å²) in [6.07, 6.45) is 1.41. The molecule has 0 saturated heterocycles. The van der Waals surface area contributed by atoms with E-state index in [0.717, 1.165) is 11.1 Å². The smallest absolute Gasteiger partial charge is 0.341 e. The largest absolute Gasteiger partial charge is 0.462 e. The molecule has 0 aliphatic rings. The van der Waals surface area contributed by atoms with E-state index in [-0.39, 0.29) is 17.7 Å². The summed E-state index contributed by atoms with van der Waals surface area (Å²) in [6.45, 7) is 3.89. The average Bonchev–Trinajstić information content (AvgIpc) is 3.17. The number of nitrogens with one attached hydrogen (secondary N) is 1. The lowest BCUT2D eigenvalue weighted by Crippen LogP contribution is -2.16. The molecule has 1 amide bonds. The van der Waals surface area contributed by atoms with Gasteiger partial charge in [-0.3, -0.25) is 4.79 Å². The van der Waals surface area contributed by atoms with E-state index in [1.165, 1.54) is 17.4 Å². The van der Waals surface area contributed by atoms with Crippen molar-refractivity contribution in [2.45, 2.75) is 13.8 Å². The third-order valence-corrected chi connectivity index (χ3v) is 5.67. The van der Waals surface area contributed by atoms with E-state index in [4.69, 9.17) is 16.3 Å². The topological polar surface area (TPSA) is 79.2 Å². The summed E-state index contributed by atoms with van der Waals surface area (Å²) in [6, 6.07) is 16.5. The molecule has 3 aromatic rings. The maximum Gasteiger partial charge on any atom is 0.341 e. The van der Waals surface area contributed by atoms with E-state index in [9.17, 15) is 14.9 Å². The number of aryl methyl sites for hydroxylation is 1. The van der Waals surface area contributed by atoms with Crippen LogP contribution in [0.15, 0.2) is 59.5 Å². The van der Waals surface area contributed by atoms with Gasteiger partial charge in [-0.2, -0.15) is 5.26 Å². The number of nitriles is 1. The molecule has 0 aliphatic carbocycles. The highest BCUT2D eigenvalue weighted by atomic mass is 35.5. The predicted octanol–water partition coefficient (Wildman–Crippen LogP) is 6.10. The molecule has 2 aromatic carbocycles. The van der Waals surface area contributed by atoms with Crippen molar-refractivity contribution >= 4 is 45.9 Å². The molecule has 0 bridgehead atoms. The Morgan fingerprint density at radius 1 is 1.19 bits per heavy atom. The summed E-state index contributed by atoms with van der Waals surface area (Å²) in [4.78, 5) is 25.5. The van der Waals surface area contributed by atoms with Gasteiger partial charge >= 0.3 is 5.97 Å². The maximum atomic E-state index is 12.8. The fourth-order valence-electron chi connectivity index (χ4n) is 2.87. The Kier molecular flexibility index (Phi) is 7.24. The van der Waals surface area contributed by atoms with Crippen LogP contribution in [-0.2, 0) is 9.53 Å². The Labute approximate surface area is 189 Å². The molecule has 0 spiro atoms. The molecule has 31 heavy (non-hydrogen) atoms. The van der Waals surface area contributed by atoms with Gasteiger partial charge in [0.05, 0.1) is 6.61 Å². The first-order valence-corrected chi connectivity index (χ1v) is 10.7.